The van der Waals surface area contributed by atoms with Crippen molar-refractivity contribution in [1.82, 2.24) is 9.13 Å². The zero-order valence-electron chi connectivity index (χ0n) is 11.7. The minimum atomic E-state index is -0.0989. The standard InChI is InChI=1S/C15H20N2O3/c1-16-7-5-12-6-8-17(15(18)14(12)16)9-11-20-13-4-2-3-10-19-13/h5-8,13H,2-4,9-11H2,1H3/t13-/m0/s1. The average molecular weight is 276 g/mol. The van der Waals surface area contributed by atoms with Gasteiger partial charge in [-0.25, -0.2) is 0 Å². The molecule has 1 fully saturated rings. The Labute approximate surface area is 117 Å². The Bertz CT molecular complexity index is 638. The third-order valence-corrected chi connectivity index (χ3v) is 3.78. The SMILES string of the molecule is Cn1ccc2ccn(CCO[C@H]3CCCCO3)c(=O)c21. The molecule has 108 valence electrons. The maximum atomic E-state index is 12.3. The lowest BCUT2D eigenvalue weighted by Crippen LogP contribution is -2.27. The molecule has 0 aromatic carbocycles. The van der Waals surface area contributed by atoms with E-state index in [9.17, 15) is 4.79 Å². The van der Waals surface area contributed by atoms with Crippen LogP contribution >= 0.6 is 0 Å². The van der Waals surface area contributed by atoms with Gasteiger partial charge >= 0.3 is 0 Å². The predicted octanol–water partition coefficient (Wildman–Crippen LogP) is 1.88. The van der Waals surface area contributed by atoms with E-state index in [2.05, 4.69) is 0 Å². The van der Waals surface area contributed by atoms with Crippen molar-refractivity contribution in [2.75, 3.05) is 13.2 Å². The molecule has 0 N–H and O–H groups in total. The van der Waals surface area contributed by atoms with Gasteiger partial charge < -0.3 is 18.6 Å². The van der Waals surface area contributed by atoms with Gasteiger partial charge in [0.2, 0.25) is 0 Å². The third kappa shape index (κ3) is 2.64. The second-order valence-electron chi connectivity index (χ2n) is 5.21. The van der Waals surface area contributed by atoms with Crippen molar-refractivity contribution in [3.05, 3.63) is 34.9 Å². The molecule has 2 aromatic heterocycles. The topological polar surface area (TPSA) is 45.4 Å². The summed E-state index contributed by atoms with van der Waals surface area (Å²) in [6.45, 7) is 1.83. The molecule has 20 heavy (non-hydrogen) atoms. The Balaban J connectivity index is 1.66. The van der Waals surface area contributed by atoms with E-state index in [0.717, 1.165) is 36.8 Å². The van der Waals surface area contributed by atoms with Crippen molar-refractivity contribution in [1.29, 1.82) is 0 Å². The summed E-state index contributed by atoms with van der Waals surface area (Å²) < 4.78 is 14.7. The van der Waals surface area contributed by atoms with Crippen LogP contribution in [0.5, 0.6) is 0 Å². The highest BCUT2D eigenvalue weighted by Crippen LogP contribution is 2.13. The van der Waals surface area contributed by atoms with E-state index in [4.69, 9.17) is 9.47 Å². The molecule has 2 aromatic rings. The fourth-order valence-electron chi connectivity index (χ4n) is 2.63. The van der Waals surface area contributed by atoms with E-state index in [1.165, 1.54) is 0 Å². The van der Waals surface area contributed by atoms with Crippen LogP contribution in [-0.2, 0) is 23.1 Å². The maximum absolute atomic E-state index is 12.3. The molecule has 1 aliphatic heterocycles. The number of hydrogen-bond donors (Lipinski definition) is 0. The van der Waals surface area contributed by atoms with Crippen LogP contribution in [0.25, 0.3) is 10.9 Å². The lowest BCUT2D eigenvalue weighted by atomic mass is 10.2. The molecule has 0 aliphatic carbocycles. The zero-order valence-corrected chi connectivity index (χ0v) is 11.7. The molecule has 1 atom stereocenters. The average Bonchev–Trinajstić information content (AvgIpc) is 2.85. The van der Waals surface area contributed by atoms with Crippen LogP contribution in [0, 0.1) is 0 Å². The van der Waals surface area contributed by atoms with Crippen LogP contribution in [-0.4, -0.2) is 28.6 Å². The van der Waals surface area contributed by atoms with E-state index in [1.54, 1.807) is 4.57 Å². The van der Waals surface area contributed by atoms with Gasteiger partial charge in [-0.05, 0) is 31.4 Å². The monoisotopic (exact) mass is 276 g/mol. The summed E-state index contributed by atoms with van der Waals surface area (Å²) in [5, 5.41) is 0.977. The summed E-state index contributed by atoms with van der Waals surface area (Å²) in [5.74, 6) is 0. The Kier molecular flexibility index (Phi) is 3.89. The summed E-state index contributed by atoms with van der Waals surface area (Å²) in [7, 11) is 1.89. The van der Waals surface area contributed by atoms with Gasteiger partial charge in [0.1, 0.15) is 5.52 Å². The summed E-state index contributed by atoms with van der Waals surface area (Å²) in [6.07, 6.45) is 6.85. The molecule has 0 bridgehead atoms. The molecular weight excluding hydrogens is 256 g/mol. The Hall–Kier alpha value is -1.59. The largest absolute Gasteiger partial charge is 0.353 e. The van der Waals surface area contributed by atoms with Gasteiger partial charge in [-0.1, -0.05) is 0 Å². The van der Waals surface area contributed by atoms with Crippen LogP contribution in [0.1, 0.15) is 19.3 Å². The molecule has 0 spiro atoms. The Morgan fingerprint density at radius 1 is 1.35 bits per heavy atom. The molecule has 0 saturated carbocycles. The smallest absolute Gasteiger partial charge is 0.275 e. The van der Waals surface area contributed by atoms with Gasteiger partial charge in [0.15, 0.2) is 6.29 Å². The van der Waals surface area contributed by atoms with E-state index >= 15 is 0 Å². The maximum Gasteiger partial charge on any atom is 0.275 e. The van der Waals surface area contributed by atoms with Gasteiger partial charge in [-0.3, -0.25) is 4.79 Å². The van der Waals surface area contributed by atoms with Crippen molar-refractivity contribution in [2.24, 2.45) is 7.05 Å². The number of ether oxygens (including phenoxy) is 2. The highest BCUT2D eigenvalue weighted by Gasteiger charge is 2.14. The minimum absolute atomic E-state index is 0.0307. The Morgan fingerprint density at radius 3 is 3.00 bits per heavy atom. The molecular formula is C15H20N2O3. The van der Waals surface area contributed by atoms with Crippen LogP contribution in [0.3, 0.4) is 0 Å². The van der Waals surface area contributed by atoms with Crippen LogP contribution < -0.4 is 5.56 Å². The molecule has 1 aliphatic rings. The number of fused-ring (bicyclic) bond motifs is 1. The van der Waals surface area contributed by atoms with Crippen molar-refractivity contribution in [2.45, 2.75) is 32.1 Å². The molecule has 3 heterocycles. The minimum Gasteiger partial charge on any atom is -0.353 e. The van der Waals surface area contributed by atoms with Gasteiger partial charge in [0, 0.05) is 38.0 Å². The van der Waals surface area contributed by atoms with Gasteiger partial charge in [0.25, 0.3) is 5.56 Å². The van der Waals surface area contributed by atoms with Gasteiger partial charge in [-0.15, -0.1) is 0 Å². The second-order valence-corrected chi connectivity index (χ2v) is 5.21. The first-order valence-electron chi connectivity index (χ1n) is 7.13. The van der Waals surface area contributed by atoms with Crippen LogP contribution in [0.2, 0.25) is 0 Å². The fourth-order valence-corrected chi connectivity index (χ4v) is 2.63. The van der Waals surface area contributed by atoms with Crippen molar-refractivity contribution in [3.63, 3.8) is 0 Å². The summed E-state index contributed by atoms with van der Waals surface area (Å²) in [5.41, 5.74) is 0.768. The molecule has 5 nitrogen and oxygen atoms in total. The third-order valence-electron chi connectivity index (χ3n) is 3.78. The number of hydrogen-bond acceptors (Lipinski definition) is 3. The number of aromatic nitrogens is 2. The highest BCUT2D eigenvalue weighted by atomic mass is 16.7. The first-order chi connectivity index (χ1) is 9.75. The number of rotatable bonds is 4. The van der Waals surface area contributed by atoms with Crippen molar-refractivity contribution < 1.29 is 9.47 Å². The fraction of sp³-hybridized carbons (Fsp3) is 0.533. The highest BCUT2D eigenvalue weighted by molar-refractivity contribution is 5.78. The second kappa shape index (κ2) is 5.81. The molecule has 3 rings (SSSR count). The summed E-state index contributed by atoms with van der Waals surface area (Å²) >= 11 is 0. The molecule has 0 amide bonds. The Morgan fingerprint density at radius 2 is 2.20 bits per heavy atom. The van der Waals surface area contributed by atoms with Crippen molar-refractivity contribution in [3.8, 4) is 0 Å². The van der Waals surface area contributed by atoms with Crippen molar-refractivity contribution >= 4 is 10.9 Å². The van der Waals surface area contributed by atoms with E-state index in [-0.39, 0.29) is 11.8 Å². The van der Waals surface area contributed by atoms with Crippen LogP contribution in [0.15, 0.2) is 29.3 Å². The molecule has 5 heteroatoms. The molecule has 1 saturated heterocycles. The number of nitrogens with zero attached hydrogens (tertiary/aromatic N) is 2. The number of aryl methyl sites for hydroxylation is 1. The summed E-state index contributed by atoms with van der Waals surface area (Å²) in [4.78, 5) is 12.3. The van der Waals surface area contributed by atoms with E-state index < -0.39 is 0 Å². The first-order valence-corrected chi connectivity index (χ1v) is 7.13. The quantitative estimate of drug-likeness (QED) is 0.856. The van der Waals surface area contributed by atoms with Crippen LogP contribution in [0.4, 0.5) is 0 Å². The predicted molar refractivity (Wildman–Crippen MR) is 76.7 cm³/mol. The van der Waals surface area contributed by atoms with E-state index in [0.29, 0.717) is 13.2 Å². The first kappa shape index (κ1) is 13.4. The number of pyridine rings is 1. The summed E-state index contributed by atoms with van der Waals surface area (Å²) in [6, 6.07) is 3.92. The zero-order chi connectivity index (χ0) is 13.9. The lowest BCUT2D eigenvalue weighted by Gasteiger charge is -2.22. The van der Waals surface area contributed by atoms with Gasteiger partial charge in [0.05, 0.1) is 6.61 Å². The molecule has 0 unspecified atom stereocenters. The molecule has 0 radical (unpaired) electrons. The normalized spacial score (nSPS) is 19.6. The lowest BCUT2D eigenvalue weighted by molar-refractivity contribution is -0.163. The van der Waals surface area contributed by atoms with Gasteiger partial charge in [-0.2, -0.15) is 0 Å². The van der Waals surface area contributed by atoms with E-state index in [1.807, 2.05) is 36.1 Å².